The van der Waals surface area contributed by atoms with Crippen LogP contribution in [0.5, 0.6) is 11.5 Å². The van der Waals surface area contributed by atoms with Crippen LogP contribution in [0.3, 0.4) is 0 Å². The van der Waals surface area contributed by atoms with Crippen LogP contribution in [0.2, 0.25) is 0 Å². The van der Waals surface area contributed by atoms with Crippen LogP contribution in [-0.4, -0.2) is 68.7 Å². The van der Waals surface area contributed by atoms with Crippen LogP contribution < -0.4 is 14.8 Å². The van der Waals surface area contributed by atoms with Gasteiger partial charge < -0.3 is 33.7 Å². The summed E-state index contributed by atoms with van der Waals surface area (Å²) in [5.41, 5.74) is 0.906. The van der Waals surface area contributed by atoms with Gasteiger partial charge in [0.25, 0.3) is 5.91 Å². The molecule has 1 aromatic heterocycles. The molecule has 2 atom stereocenters. The third kappa shape index (κ3) is 10.4. The molecule has 0 unspecified atom stereocenters. The van der Waals surface area contributed by atoms with Gasteiger partial charge >= 0.3 is 11.9 Å². The maximum atomic E-state index is 12.9. The SMILES string of the molecule is CCOCC(=O)OCOc1c(OC)ccnc1C(=O)N[C@@H](C)C(=O)O[C@@H](C)CCOCc1ccccc1. The fourth-order valence-electron chi connectivity index (χ4n) is 2.97. The highest BCUT2D eigenvalue weighted by Crippen LogP contribution is 2.29. The predicted octanol–water partition coefficient (Wildman–Crippen LogP) is 2.66. The number of carbonyl (C=O) groups excluding carboxylic acids is 3. The third-order valence-corrected chi connectivity index (χ3v) is 4.95. The van der Waals surface area contributed by atoms with E-state index in [1.807, 2.05) is 30.3 Å². The first-order valence-corrected chi connectivity index (χ1v) is 11.9. The van der Waals surface area contributed by atoms with Gasteiger partial charge in [0.15, 0.2) is 17.2 Å². The smallest absolute Gasteiger partial charge is 0.334 e. The minimum Gasteiger partial charge on any atom is -0.493 e. The van der Waals surface area contributed by atoms with Crippen LogP contribution in [0.15, 0.2) is 42.6 Å². The van der Waals surface area contributed by atoms with Gasteiger partial charge in [-0.3, -0.25) is 4.79 Å². The highest BCUT2D eigenvalue weighted by atomic mass is 16.7. The monoisotopic (exact) mass is 518 g/mol. The van der Waals surface area contributed by atoms with Crippen LogP contribution in [-0.2, 0) is 35.1 Å². The Balaban J connectivity index is 1.85. The predicted molar refractivity (Wildman–Crippen MR) is 132 cm³/mol. The maximum Gasteiger partial charge on any atom is 0.334 e. The van der Waals surface area contributed by atoms with Crippen LogP contribution in [0.25, 0.3) is 0 Å². The molecule has 202 valence electrons. The largest absolute Gasteiger partial charge is 0.493 e. The minimum atomic E-state index is -0.968. The lowest BCUT2D eigenvalue weighted by atomic mass is 10.2. The number of hydrogen-bond donors (Lipinski definition) is 1. The average Bonchev–Trinajstić information content (AvgIpc) is 2.90. The molecular weight excluding hydrogens is 484 g/mol. The summed E-state index contributed by atoms with van der Waals surface area (Å²) in [6, 6.07) is 10.3. The summed E-state index contributed by atoms with van der Waals surface area (Å²) in [7, 11) is 1.38. The van der Waals surface area contributed by atoms with Gasteiger partial charge in [0, 0.05) is 25.3 Å². The number of methoxy groups -OCH3 is 1. The summed E-state index contributed by atoms with van der Waals surface area (Å²) in [6.07, 6.45) is 1.43. The van der Waals surface area contributed by atoms with Crippen molar-refractivity contribution in [2.75, 3.05) is 33.7 Å². The standard InChI is InChI=1S/C26H34N2O9/c1-5-33-16-22(29)35-17-36-24-21(32-4)11-13-27-23(24)25(30)28-19(3)26(31)37-18(2)12-14-34-15-20-9-7-6-8-10-20/h6-11,13,18-19H,5,12,14-17H2,1-4H3,(H,28,30)/t18-,19-/m0/s1. The molecule has 2 aromatic rings. The Bertz CT molecular complexity index is 1000. The summed E-state index contributed by atoms with van der Waals surface area (Å²) in [5, 5.41) is 2.54. The Labute approximate surface area is 216 Å². The third-order valence-electron chi connectivity index (χ3n) is 4.95. The number of ether oxygens (including phenoxy) is 6. The van der Waals surface area contributed by atoms with Gasteiger partial charge in [-0.25, -0.2) is 14.6 Å². The molecule has 37 heavy (non-hydrogen) atoms. The normalized spacial score (nSPS) is 12.2. The van der Waals surface area contributed by atoms with Crippen molar-refractivity contribution in [1.82, 2.24) is 10.3 Å². The van der Waals surface area contributed by atoms with Crippen molar-refractivity contribution >= 4 is 17.8 Å². The molecule has 0 bridgehead atoms. The molecule has 1 amide bonds. The number of amides is 1. The summed E-state index contributed by atoms with van der Waals surface area (Å²) in [6.45, 7) is 5.51. The molecule has 0 aliphatic heterocycles. The Kier molecular flexibility index (Phi) is 12.9. The zero-order valence-corrected chi connectivity index (χ0v) is 21.6. The van der Waals surface area contributed by atoms with E-state index in [9.17, 15) is 14.4 Å². The van der Waals surface area contributed by atoms with E-state index in [0.717, 1.165) is 5.56 Å². The average molecular weight is 519 g/mol. The van der Waals surface area contributed by atoms with Gasteiger partial charge in [-0.15, -0.1) is 0 Å². The van der Waals surface area contributed by atoms with E-state index in [1.165, 1.54) is 26.3 Å². The van der Waals surface area contributed by atoms with Gasteiger partial charge in [0.1, 0.15) is 18.8 Å². The first-order chi connectivity index (χ1) is 17.8. The van der Waals surface area contributed by atoms with Gasteiger partial charge in [0.2, 0.25) is 6.79 Å². The van der Waals surface area contributed by atoms with Crippen molar-refractivity contribution in [1.29, 1.82) is 0 Å². The molecule has 0 spiro atoms. The molecule has 1 aromatic carbocycles. The number of aromatic nitrogens is 1. The number of carbonyl (C=O) groups is 3. The van der Waals surface area contributed by atoms with Crippen molar-refractivity contribution in [3.05, 3.63) is 53.9 Å². The number of rotatable bonds is 16. The molecular formula is C26H34N2O9. The summed E-state index contributed by atoms with van der Waals surface area (Å²) in [4.78, 5) is 41.0. The van der Waals surface area contributed by atoms with Gasteiger partial charge in [-0.05, 0) is 26.3 Å². The Hall–Kier alpha value is -3.70. The van der Waals surface area contributed by atoms with Crippen molar-refractivity contribution in [2.45, 2.75) is 45.9 Å². The van der Waals surface area contributed by atoms with Gasteiger partial charge in [-0.1, -0.05) is 30.3 Å². The van der Waals surface area contributed by atoms with Gasteiger partial charge in [0.05, 0.1) is 20.3 Å². The number of nitrogens with one attached hydrogen (secondary N) is 1. The summed E-state index contributed by atoms with van der Waals surface area (Å²) < 4.78 is 31.6. The number of benzene rings is 1. The molecule has 2 rings (SSSR count). The number of pyridine rings is 1. The first kappa shape index (κ1) is 29.5. The van der Waals surface area contributed by atoms with Crippen LogP contribution in [0, 0.1) is 0 Å². The Morgan fingerprint density at radius 1 is 1.05 bits per heavy atom. The van der Waals surface area contributed by atoms with E-state index in [1.54, 1.807) is 13.8 Å². The molecule has 0 aliphatic rings. The topological polar surface area (TPSA) is 132 Å². The second kappa shape index (κ2) is 16.1. The molecule has 0 saturated heterocycles. The zero-order chi connectivity index (χ0) is 27.0. The van der Waals surface area contributed by atoms with E-state index in [4.69, 9.17) is 28.4 Å². The van der Waals surface area contributed by atoms with E-state index in [0.29, 0.717) is 26.2 Å². The highest BCUT2D eigenvalue weighted by molar-refractivity contribution is 5.98. The molecule has 1 heterocycles. The number of esters is 2. The fraction of sp³-hybridized carbons (Fsp3) is 0.462. The Morgan fingerprint density at radius 2 is 1.81 bits per heavy atom. The van der Waals surface area contributed by atoms with E-state index < -0.39 is 36.8 Å². The molecule has 0 aliphatic carbocycles. The van der Waals surface area contributed by atoms with E-state index >= 15 is 0 Å². The van der Waals surface area contributed by atoms with E-state index in [-0.39, 0.29) is 23.8 Å². The van der Waals surface area contributed by atoms with E-state index in [2.05, 4.69) is 10.3 Å². The molecule has 0 saturated carbocycles. The Morgan fingerprint density at radius 3 is 2.51 bits per heavy atom. The lowest BCUT2D eigenvalue weighted by Crippen LogP contribution is -2.41. The van der Waals surface area contributed by atoms with Crippen LogP contribution in [0.1, 0.15) is 43.2 Å². The minimum absolute atomic E-state index is 0.0452. The molecule has 11 heteroatoms. The van der Waals surface area contributed by atoms with Crippen molar-refractivity contribution in [3.63, 3.8) is 0 Å². The molecule has 0 fully saturated rings. The quantitative estimate of drug-likeness (QED) is 0.201. The lowest BCUT2D eigenvalue weighted by Gasteiger charge is -2.19. The van der Waals surface area contributed by atoms with Crippen molar-refractivity contribution in [2.24, 2.45) is 0 Å². The number of hydrogen-bond acceptors (Lipinski definition) is 10. The molecule has 0 radical (unpaired) electrons. The first-order valence-electron chi connectivity index (χ1n) is 11.9. The van der Waals surface area contributed by atoms with Crippen molar-refractivity contribution in [3.8, 4) is 11.5 Å². The highest BCUT2D eigenvalue weighted by Gasteiger charge is 2.25. The second-order valence-corrected chi connectivity index (χ2v) is 7.88. The van der Waals surface area contributed by atoms with Crippen LogP contribution >= 0.6 is 0 Å². The van der Waals surface area contributed by atoms with Crippen molar-refractivity contribution < 1.29 is 42.8 Å². The molecule has 1 N–H and O–H groups in total. The summed E-state index contributed by atoms with van der Waals surface area (Å²) in [5.74, 6) is -1.79. The molecule has 11 nitrogen and oxygen atoms in total. The second-order valence-electron chi connectivity index (χ2n) is 7.88. The lowest BCUT2D eigenvalue weighted by molar-refractivity contribution is -0.155. The van der Waals surface area contributed by atoms with Crippen LogP contribution in [0.4, 0.5) is 0 Å². The van der Waals surface area contributed by atoms with Gasteiger partial charge in [-0.2, -0.15) is 0 Å². The summed E-state index contributed by atoms with van der Waals surface area (Å²) >= 11 is 0. The maximum absolute atomic E-state index is 12.9. The zero-order valence-electron chi connectivity index (χ0n) is 21.6. The fourth-order valence-corrected chi connectivity index (χ4v) is 2.97. The number of nitrogens with zero attached hydrogens (tertiary/aromatic N) is 1.